The summed E-state index contributed by atoms with van der Waals surface area (Å²) >= 11 is 0. The van der Waals surface area contributed by atoms with Crippen LogP contribution < -0.4 is 10.6 Å². The van der Waals surface area contributed by atoms with Gasteiger partial charge in [-0.3, -0.25) is 19.6 Å². The molecule has 1 aromatic carbocycles. The van der Waals surface area contributed by atoms with E-state index < -0.39 is 0 Å². The minimum Gasteiger partial charge on any atom is -0.352 e. The van der Waals surface area contributed by atoms with E-state index in [-0.39, 0.29) is 11.8 Å². The molecule has 0 aliphatic carbocycles. The van der Waals surface area contributed by atoms with Crippen molar-refractivity contribution in [2.24, 2.45) is 0 Å². The summed E-state index contributed by atoms with van der Waals surface area (Å²) in [6.07, 6.45) is 5.69. The van der Waals surface area contributed by atoms with E-state index in [1.807, 2.05) is 30.3 Å². The summed E-state index contributed by atoms with van der Waals surface area (Å²) in [6.45, 7) is 0.426. The van der Waals surface area contributed by atoms with Crippen LogP contribution >= 0.6 is 0 Å². The average Bonchev–Trinajstić information content (AvgIpc) is 2.66. The molecule has 2 heterocycles. The number of pyridine rings is 2. The monoisotopic (exact) mass is 334 g/mol. The molecule has 0 bridgehead atoms. The number of aromatic nitrogens is 2. The maximum atomic E-state index is 12.1. The fourth-order valence-corrected chi connectivity index (χ4v) is 2.47. The second-order valence-corrected chi connectivity index (χ2v) is 5.53. The van der Waals surface area contributed by atoms with Gasteiger partial charge in [0.15, 0.2) is 0 Å². The molecule has 0 radical (unpaired) electrons. The number of para-hydroxylation sites is 1. The number of hydrogen-bond acceptors (Lipinski definition) is 4. The number of carbonyl (C=O) groups is 2. The fourth-order valence-electron chi connectivity index (χ4n) is 2.47. The Balaban J connectivity index is 1.47. The van der Waals surface area contributed by atoms with E-state index in [9.17, 15) is 9.59 Å². The van der Waals surface area contributed by atoms with Crippen LogP contribution in [0.5, 0.6) is 0 Å². The molecule has 0 fully saturated rings. The van der Waals surface area contributed by atoms with Crippen molar-refractivity contribution in [2.45, 2.75) is 12.8 Å². The highest BCUT2D eigenvalue weighted by molar-refractivity contribution is 6.00. The summed E-state index contributed by atoms with van der Waals surface area (Å²) in [7, 11) is 0. The predicted octanol–water partition coefficient (Wildman–Crippen LogP) is 2.78. The van der Waals surface area contributed by atoms with Gasteiger partial charge in [-0.15, -0.1) is 0 Å². The molecule has 2 aromatic heterocycles. The number of carbonyl (C=O) groups excluding carboxylic acids is 2. The van der Waals surface area contributed by atoms with Gasteiger partial charge in [-0.05, 0) is 30.7 Å². The van der Waals surface area contributed by atoms with Gasteiger partial charge in [0.2, 0.25) is 5.91 Å². The van der Waals surface area contributed by atoms with E-state index in [0.29, 0.717) is 30.6 Å². The number of nitrogens with zero attached hydrogens (tertiary/aromatic N) is 2. The topological polar surface area (TPSA) is 84.0 Å². The summed E-state index contributed by atoms with van der Waals surface area (Å²) in [5.74, 6) is -0.291. The molecule has 3 rings (SSSR count). The predicted molar refractivity (Wildman–Crippen MR) is 96.2 cm³/mol. The van der Waals surface area contributed by atoms with Gasteiger partial charge >= 0.3 is 0 Å². The minimum absolute atomic E-state index is 0.103. The van der Waals surface area contributed by atoms with Gasteiger partial charge in [0.1, 0.15) is 0 Å². The van der Waals surface area contributed by atoms with Crippen LogP contribution in [0.25, 0.3) is 10.9 Å². The molecular formula is C19H18N4O2. The van der Waals surface area contributed by atoms with Crippen LogP contribution in [0, 0.1) is 0 Å². The summed E-state index contributed by atoms with van der Waals surface area (Å²) < 4.78 is 0. The Morgan fingerprint density at radius 1 is 1.00 bits per heavy atom. The first-order chi connectivity index (χ1) is 12.2. The lowest BCUT2D eigenvalue weighted by Crippen LogP contribution is -2.25. The largest absolute Gasteiger partial charge is 0.352 e. The van der Waals surface area contributed by atoms with Crippen molar-refractivity contribution >= 4 is 28.4 Å². The third-order valence-electron chi connectivity index (χ3n) is 3.70. The first kappa shape index (κ1) is 16.6. The first-order valence-electron chi connectivity index (χ1n) is 8.06. The maximum Gasteiger partial charge on any atom is 0.252 e. The smallest absolute Gasteiger partial charge is 0.252 e. The molecule has 2 amide bonds. The average molecular weight is 334 g/mol. The number of anilines is 1. The number of benzene rings is 1. The third-order valence-corrected chi connectivity index (χ3v) is 3.70. The molecule has 0 aliphatic rings. The lowest BCUT2D eigenvalue weighted by molar-refractivity contribution is -0.116. The Bertz CT molecular complexity index is 875. The van der Waals surface area contributed by atoms with E-state index in [1.165, 1.54) is 6.20 Å². The van der Waals surface area contributed by atoms with Gasteiger partial charge < -0.3 is 10.6 Å². The van der Waals surface area contributed by atoms with Crippen LogP contribution in [0.1, 0.15) is 23.2 Å². The van der Waals surface area contributed by atoms with E-state index >= 15 is 0 Å². The molecule has 0 saturated heterocycles. The molecule has 3 aromatic rings. The summed E-state index contributed by atoms with van der Waals surface area (Å²) in [5, 5.41) is 6.63. The van der Waals surface area contributed by atoms with Crippen LogP contribution in [-0.2, 0) is 4.79 Å². The molecule has 6 nitrogen and oxygen atoms in total. The second-order valence-electron chi connectivity index (χ2n) is 5.53. The highest BCUT2D eigenvalue weighted by Gasteiger charge is 2.08. The number of fused-ring (bicyclic) bond motifs is 1. The van der Waals surface area contributed by atoms with Crippen LogP contribution in [0.15, 0.2) is 61.1 Å². The molecule has 0 aliphatic heterocycles. The molecule has 2 N–H and O–H groups in total. The van der Waals surface area contributed by atoms with E-state index in [4.69, 9.17) is 0 Å². The van der Waals surface area contributed by atoms with Crippen LogP contribution in [-0.4, -0.2) is 28.3 Å². The summed E-state index contributed by atoms with van der Waals surface area (Å²) in [6, 6.07) is 12.9. The van der Waals surface area contributed by atoms with Gasteiger partial charge in [-0.25, -0.2) is 0 Å². The Morgan fingerprint density at radius 2 is 1.84 bits per heavy atom. The Labute approximate surface area is 145 Å². The van der Waals surface area contributed by atoms with Gasteiger partial charge in [0.05, 0.1) is 16.8 Å². The van der Waals surface area contributed by atoms with Crippen LogP contribution in [0.3, 0.4) is 0 Å². The van der Waals surface area contributed by atoms with Gasteiger partial charge in [-0.2, -0.15) is 0 Å². The van der Waals surface area contributed by atoms with Crippen molar-refractivity contribution in [3.05, 3.63) is 66.6 Å². The van der Waals surface area contributed by atoms with Crippen LogP contribution in [0.4, 0.5) is 5.69 Å². The Morgan fingerprint density at radius 3 is 2.68 bits per heavy atom. The molecular weight excluding hydrogens is 316 g/mol. The number of rotatable bonds is 6. The third kappa shape index (κ3) is 4.38. The zero-order chi connectivity index (χ0) is 17.5. The zero-order valence-corrected chi connectivity index (χ0v) is 13.6. The SMILES string of the molecule is O=C(CCCNC(=O)c1cccnc1)Nc1cccc2cccnc12. The van der Waals surface area contributed by atoms with Gasteiger partial charge in [0.25, 0.3) is 5.91 Å². The molecule has 6 heteroatoms. The van der Waals surface area contributed by atoms with E-state index in [1.54, 1.807) is 24.5 Å². The number of amides is 2. The minimum atomic E-state index is -0.188. The quantitative estimate of drug-likeness (QED) is 0.679. The standard InChI is InChI=1S/C19H18N4O2/c24-17(9-4-12-22-19(25)15-7-2-10-20-13-15)23-16-8-1-5-14-6-3-11-21-18(14)16/h1-3,5-8,10-11,13H,4,9,12H2,(H,22,25)(H,23,24). The Hall–Kier alpha value is -3.28. The lowest BCUT2D eigenvalue weighted by atomic mass is 10.2. The van der Waals surface area contributed by atoms with Crippen molar-refractivity contribution in [1.82, 2.24) is 15.3 Å². The first-order valence-corrected chi connectivity index (χ1v) is 8.06. The highest BCUT2D eigenvalue weighted by Crippen LogP contribution is 2.20. The maximum absolute atomic E-state index is 12.1. The molecule has 0 unspecified atom stereocenters. The number of hydrogen-bond donors (Lipinski definition) is 2. The van der Waals surface area contributed by atoms with E-state index in [0.717, 1.165) is 10.9 Å². The van der Waals surface area contributed by atoms with Crippen molar-refractivity contribution in [1.29, 1.82) is 0 Å². The van der Waals surface area contributed by atoms with Gasteiger partial charge in [0, 0.05) is 36.9 Å². The summed E-state index contributed by atoms with van der Waals surface area (Å²) in [5.41, 5.74) is 1.97. The molecule has 0 saturated carbocycles. The second kappa shape index (κ2) is 8.01. The summed E-state index contributed by atoms with van der Waals surface area (Å²) in [4.78, 5) is 32.2. The van der Waals surface area contributed by atoms with Crippen molar-refractivity contribution in [3.8, 4) is 0 Å². The number of nitrogens with one attached hydrogen (secondary N) is 2. The molecule has 0 atom stereocenters. The van der Waals surface area contributed by atoms with E-state index in [2.05, 4.69) is 20.6 Å². The Kier molecular flexibility index (Phi) is 5.31. The lowest BCUT2D eigenvalue weighted by Gasteiger charge is -2.08. The highest BCUT2D eigenvalue weighted by atomic mass is 16.2. The van der Waals surface area contributed by atoms with Crippen molar-refractivity contribution < 1.29 is 9.59 Å². The molecule has 126 valence electrons. The van der Waals surface area contributed by atoms with Crippen molar-refractivity contribution in [2.75, 3.05) is 11.9 Å². The normalized spacial score (nSPS) is 10.4. The fraction of sp³-hybridized carbons (Fsp3) is 0.158. The van der Waals surface area contributed by atoms with Crippen LogP contribution in [0.2, 0.25) is 0 Å². The molecule has 0 spiro atoms. The van der Waals surface area contributed by atoms with Gasteiger partial charge in [-0.1, -0.05) is 18.2 Å². The molecule has 25 heavy (non-hydrogen) atoms. The van der Waals surface area contributed by atoms with Crippen molar-refractivity contribution in [3.63, 3.8) is 0 Å². The zero-order valence-electron chi connectivity index (χ0n) is 13.6.